The topological polar surface area (TPSA) is 51.2 Å². The van der Waals surface area contributed by atoms with Gasteiger partial charge in [0.2, 0.25) is 0 Å². The van der Waals surface area contributed by atoms with Gasteiger partial charge in [0.1, 0.15) is 11.5 Å². The van der Waals surface area contributed by atoms with Crippen molar-refractivity contribution in [1.82, 2.24) is 0 Å². The van der Waals surface area contributed by atoms with Gasteiger partial charge in [0.05, 0.1) is 11.3 Å². The van der Waals surface area contributed by atoms with Gasteiger partial charge in [-0.2, -0.15) is 0 Å². The van der Waals surface area contributed by atoms with Crippen LogP contribution in [-0.4, -0.2) is 25.9 Å². The van der Waals surface area contributed by atoms with Gasteiger partial charge in [-0.15, -0.1) is 0 Å². The molecular weight excluding hydrogens is 403 g/mol. The van der Waals surface area contributed by atoms with E-state index in [9.17, 15) is 35.2 Å². The summed E-state index contributed by atoms with van der Waals surface area (Å²) in [5.74, 6) is -10.9. The molecule has 0 N–H and O–H groups in total. The number of ketones is 1. The van der Waals surface area contributed by atoms with Crippen LogP contribution in [0.1, 0.15) is 25.3 Å². The highest BCUT2D eigenvalue weighted by Crippen LogP contribution is 2.46. The quantitative estimate of drug-likeness (QED) is 0.531. The monoisotopic (exact) mass is 414 g/mol. The van der Waals surface area contributed by atoms with E-state index in [1.54, 1.807) is 0 Å². The molecule has 142 valence electrons. The Hall–Kier alpha value is -1.74. The van der Waals surface area contributed by atoms with Crippen LogP contribution in [0.4, 0.5) is 22.0 Å². The average molecular weight is 415 g/mol. The molecule has 0 aromatic heterocycles. The van der Waals surface area contributed by atoms with Gasteiger partial charge in [-0.1, -0.05) is 18.5 Å². The highest BCUT2D eigenvalue weighted by molar-refractivity contribution is 7.96. The van der Waals surface area contributed by atoms with Crippen molar-refractivity contribution in [3.05, 3.63) is 51.2 Å². The lowest BCUT2D eigenvalue weighted by atomic mass is 9.93. The molecule has 1 aromatic carbocycles. The van der Waals surface area contributed by atoms with E-state index in [1.807, 2.05) is 0 Å². The molecule has 0 saturated heterocycles. The number of hydrogen-bond donors (Lipinski definition) is 0. The zero-order chi connectivity index (χ0) is 19.9. The molecule has 1 aliphatic rings. The van der Waals surface area contributed by atoms with Gasteiger partial charge in [-0.25, -0.2) is 30.4 Å². The smallest absolute Gasteiger partial charge is 0.278 e. The van der Waals surface area contributed by atoms with Crippen LogP contribution in [0, 0.1) is 17.5 Å². The Balaban J connectivity index is 2.65. The first-order valence-electron chi connectivity index (χ1n) is 7.27. The minimum atomic E-state index is -4.37. The normalized spacial score (nSPS) is 17.3. The lowest BCUT2D eigenvalue weighted by Crippen LogP contribution is -2.26. The van der Waals surface area contributed by atoms with E-state index in [0.717, 1.165) is 0 Å². The van der Waals surface area contributed by atoms with Crippen LogP contribution in [0.15, 0.2) is 28.1 Å². The van der Waals surface area contributed by atoms with Crippen molar-refractivity contribution in [2.24, 2.45) is 0 Å². The van der Waals surface area contributed by atoms with E-state index >= 15 is 0 Å². The highest BCUT2D eigenvalue weighted by atomic mass is 35.5. The van der Waals surface area contributed by atoms with Crippen LogP contribution < -0.4 is 0 Å². The molecule has 3 nitrogen and oxygen atoms in total. The molecule has 1 aliphatic carbocycles. The second-order valence-corrected chi connectivity index (χ2v) is 8.00. The van der Waals surface area contributed by atoms with Gasteiger partial charge in [0.25, 0.3) is 5.92 Å². The number of carbonyl (C=O) groups is 1. The number of halogens is 6. The van der Waals surface area contributed by atoms with Crippen molar-refractivity contribution in [3.8, 4) is 0 Å². The zero-order valence-electron chi connectivity index (χ0n) is 13.3. The molecule has 2 rings (SSSR count). The average Bonchev–Trinajstić information content (AvgIpc) is 2.52. The number of hydrogen-bond acceptors (Lipinski definition) is 3. The third-order valence-corrected chi connectivity index (χ3v) is 5.91. The lowest BCUT2D eigenvalue weighted by Gasteiger charge is -2.26. The Kier molecular flexibility index (Phi) is 5.63. The summed E-state index contributed by atoms with van der Waals surface area (Å²) in [6.45, 7) is 1.42. The molecule has 0 saturated carbocycles. The minimum absolute atomic E-state index is 0.103. The largest absolute Gasteiger partial charge is 0.299 e. The maximum Gasteiger partial charge on any atom is 0.278 e. The Labute approximate surface area is 151 Å². The third-order valence-electron chi connectivity index (χ3n) is 3.72. The molecule has 10 heteroatoms. The maximum atomic E-state index is 14.3. The van der Waals surface area contributed by atoms with Crippen LogP contribution in [0.25, 0.3) is 5.57 Å². The number of Topliss-reactive ketones (excluding diaryl/α,β-unsaturated/α-hetero) is 1. The fraction of sp³-hybridized carbons (Fsp3) is 0.312. The summed E-state index contributed by atoms with van der Waals surface area (Å²) >= 11 is 5.66. The molecular formula is C16H12ClF5O3S. The van der Waals surface area contributed by atoms with Crippen LogP contribution in [-0.2, 0) is 14.6 Å². The van der Waals surface area contributed by atoms with Gasteiger partial charge in [0, 0.05) is 22.6 Å². The molecule has 0 fully saturated rings. The molecule has 26 heavy (non-hydrogen) atoms. The van der Waals surface area contributed by atoms with E-state index < -0.39 is 72.2 Å². The molecule has 0 atom stereocenters. The van der Waals surface area contributed by atoms with Crippen LogP contribution in [0.5, 0.6) is 0 Å². The van der Waals surface area contributed by atoms with Crippen LogP contribution >= 0.6 is 11.6 Å². The molecule has 0 unspecified atom stereocenters. The standard InChI is InChI=1S/C16H12ClF5O3S/c1-2-8(23)7-26(24,25)13-5-10(16(21,22)6-11(13)17)9-3-4-12(18)15(20)14(9)19/h3-5H,2,6-7H2,1H3. The van der Waals surface area contributed by atoms with Gasteiger partial charge >= 0.3 is 0 Å². The molecule has 0 bridgehead atoms. The summed E-state index contributed by atoms with van der Waals surface area (Å²) in [7, 11) is -4.37. The second-order valence-electron chi connectivity index (χ2n) is 5.58. The first kappa shape index (κ1) is 20.6. The van der Waals surface area contributed by atoms with Gasteiger partial charge in [-0.3, -0.25) is 4.79 Å². The van der Waals surface area contributed by atoms with Crippen LogP contribution in [0.3, 0.4) is 0 Å². The van der Waals surface area contributed by atoms with Crippen molar-refractivity contribution in [2.45, 2.75) is 25.7 Å². The summed E-state index contributed by atoms with van der Waals surface area (Å²) in [5, 5.41) is -0.731. The molecule has 0 spiro atoms. The van der Waals surface area contributed by atoms with Crippen molar-refractivity contribution < 1.29 is 35.2 Å². The predicted molar refractivity (Wildman–Crippen MR) is 85.8 cm³/mol. The number of allylic oxidation sites excluding steroid dienone is 3. The number of alkyl halides is 2. The number of benzene rings is 1. The summed E-state index contributed by atoms with van der Waals surface area (Å²) in [5.41, 5.74) is -2.16. The number of carbonyl (C=O) groups excluding carboxylic acids is 1. The molecule has 0 amide bonds. The lowest BCUT2D eigenvalue weighted by molar-refractivity contribution is -0.116. The molecule has 1 aromatic rings. The Morgan fingerprint density at radius 1 is 1.19 bits per heavy atom. The number of sulfone groups is 1. The van der Waals surface area contributed by atoms with E-state index in [-0.39, 0.29) is 6.42 Å². The fourth-order valence-corrected chi connectivity index (χ4v) is 4.42. The molecule has 0 radical (unpaired) electrons. The van der Waals surface area contributed by atoms with E-state index in [1.165, 1.54) is 6.92 Å². The van der Waals surface area contributed by atoms with E-state index in [2.05, 4.69) is 0 Å². The van der Waals surface area contributed by atoms with Crippen molar-refractivity contribution in [1.29, 1.82) is 0 Å². The van der Waals surface area contributed by atoms with Crippen molar-refractivity contribution in [3.63, 3.8) is 0 Å². The summed E-state index contributed by atoms with van der Waals surface area (Å²) in [6, 6.07) is 1.02. The SMILES string of the molecule is CCC(=O)CS(=O)(=O)C1=C(Cl)CC(F)(F)C(c2ccc(F)c(F)c2F)=C1. The summed E-state index contributed by atoms with van der Waals surface area (Å²) < 4.78 is 93.5. The number of rotatable bonds is 5. The Morgan fingerprint density at radius 2 is 1.81 bits per heavy atom. The van der Waals surface area contributed by atoms with Crippen LogP contribution in [0.2, 0.25) is 0 Å². The first-order valence-corrected chi connectivity index (χ1v) is 9.30. The zero-order valence-corrected chi connectivity index (χ0v) is 14.8. The van der Waals surface area contributed by atoms with Gasteiger partial charge in [0.15, 0.2) is 27.3 Å². The van der Waals surface area contributed by atoms with E-state index in [4.69, 9.17) is 11.6 Å². The molecule has 0 aliphatic heterocycles. The summed E-state index contributed by atoms with van der Waals surface area (Å²) in [6.07, 6.45) is -0.984. The Morgan fingerprint density at radius 3 is 2.38 bits per heavy atom. The second kappa shape index (κ2) is 7.11. The van der Waals surface area contributed by atoms with Crippen molar-refractivity contribution >= 4 is 32.8 Å². The van der Waals surface area contributed by atoms with Gasteiger partial charge < -0.3 is 0 Å². The fourth-order valence-electron chi connectivity index (χ4n) is 2.35. The highest BCUT2D eigenvalue weighted by Gasteiger charge is 2.43. The Bertz CT molecular complexity index is 935. The van der Waals surface area contributed by atoms with E-state index in [0.29, 0.717) is 18.2 Å². The van der Waals surface area contributed by atoms with Gasteiger partial charge in [-0.05, 0) is 18.2 Å². The first-order chi connectivity index (χ1) is 11.9. The third kappa shape index (κ3) is 3.83. The predicted octanol–water partition coefficient (Wildman–Crippen LogP) is 4.37. The molecule has 0 heterocycles. The van der Waals surface area contributed by atoms with Crippen molar-refractivity contribution in [2.75, 3.05) is 5.75 Å². The minimum Gasteiger partial charge on any atom is -0.299 e. The summed E-state index contributed by atoms with van der Waals surface area (Å²) in [4.78, 5) is 10.7. The maximum absolute atomic E-state index is 14.3.